The molecule has 3 rings (SSSR count). The lowest BCUT2D eigenvalue weighted by atomic mass is 9.63. The molecule has 1 heterocycles. The lowest BCUT2D eigenvalue weighted by molar-refractivity contribution is -0.130. The van der Waals surface area contributed by atoms with Crippen molar-refractivity contribution in [1.29, 1.82) is 0 Å². The summed E-state index contributed by atoms with van der Waals surface area (Å²) in [5.74, 6) is -1.87. The number of carbonyl (C=O) groups excluding carboxylic acids is 2. The summed E-state index contributed by atoms with van der Waals surface area (Å²) in [4.78, 5) is 31.3. The van der Waals surface area contributed by atoms with E-state index in [0.29, 0.717) is 18.7 Å². The minimum atomic E-state index is -1.02. The highest BCUT2D eigenvalue weighted by Gasteiger charge is 2.41. The summed E-state index contributed by atoms with van der Waals surface area (Å²) < 4.78 is 0. The average Bonchev–Trinajstić information content (AvgIpc) is 2.57. The van der Waals surface area contributed by atoms with Crippen molar-refractivity contribution in [3.63, 3.8) is 0 Å². The quantitative estimate of drug-likeness (QED) is 0.450. The van der Waals surface area contributed by atoms with Crippen LogP contribution in [0.3, 0.4) is 0 Å². The standard InChI is InChI=1S/C22H29N3O3S/c1-14-7-5-6-8-17(14)25-19(28)16(18(27)24-20(25)29)11-23-13-22(4)10-15(26)9-21(2,3)12-22/h5-8,11,15-16,26H,9-10,12-13H2,1-4H3,(H,24,27,29)/t15-,16-,22+/m0/s1. The van der Waals surface area contributed by atoms with Gasteiger partial charge in [0, 0.05) is 12.8 Å². The first-order valence-electron chi connectivity index (χ1n) is 9.94. The number of benzene rings is 1. The largest absolute Gasteiger partial charge is 0.393 e. The van der Waals surface area contributed by atoms with Crippen LogP contribution < -0.4 is 10.2 Å². The van der Waals surface area contributed by atoms with Gasteiger partial charge in [-0.05, 0) is 60.9 Å². The van der Waals surface area contributed by atoms with Crippen molar-refractivity contribution >= 4 is 41.0 Å². The zero-order chi connectivity index (χ0) is 21.4. The zero-order valence-electron chi connectivity index (χ0n) is 17.4. The van der Waals surface area contributed by atoms with Crippen LogP contribution in [0.25, 0.3) is 0 Å². The Morgan fingerprint density at radius 1 is 1.28 bits per heavy atom. The first kappa shape index (κ1) is 21.6. The third-order valence-corrected chi connectivity index (χ3v) is 5.99. The molecular formula is C22H29N3O3S. The van der Waals surface area contributed by atoms with E-state index in [9.17, 15) is 14.7 Å². The van der Waals surface area contributed by atoms with Gasteiger partial charge in [0.15, 0.2) is 11.0 Å². The maximum Gasteiger partial charge on any atom is 0.251 e. The lowest BCUT2D eigenvalue weighted by Gasteiger charge is -2.44. The lowest BCUT2D eigenvalue weighted by Crippen LogP contribution is -2.58. The normalized spacial score (nSPS) is 30.0. The van der Waals surface area contributed by atoms with E-state index in [-0.39, 0.29) is 22.0 Å². The first-order valence-corrected chi connectivity index (χ1v) is 10.3. The maximum atomic E-state index is 13.1. The van der Waals surface area contributed by atoms with E-state index >= 15 is 0 Å². The van der Waals surface area contributed by atoms with Crippen molar-refractivity contribution in [2.75, 3.05) is 11.4 Å². The molecule has 3 atom stereocenters. The van der Waals surface area contributed by atoms with Gasteiger partial charge in [-0.1, -0.05) is 39.0 Å². The molecule has 0 aromatic heterocycles. The Morgan fingerprint density at radius 2 is 1.97 bits per heavy atom. The highest BCUT2D eigenvalue weighted by molar-refractivity contribution is 7.80. The van der Waals surface area contributed by atoms with Crippen LogP contribution in [-0.2, 0) is 9.59 Å². The maximum absolute atomic E-state index is 13.1. The van der Waals surface area contributed by atoms with Crippen LogP contribution in [0.2, 0.25) is 0 Å². The summed E-state index contributed by atoms with van der Waals surface area (Å²) in [6, 6.07) is 7.41. The molecule has 1 saturated heterocycles. The van der Waals surface area contributed by atoms with Gasteiger partial charge in [0.2, 0.25) is 5.91 Å². The van der Waals surface area contributed by atoms with Gasteiger partial charge in [0.1, 0.15) is 0 Å². The molecule has 6 nitrogen and oxygen atoms in total. The van der Waals surface area contributed by atoms with Gasteiger partial charge in [0.25, 0.3) is 5.91 Å². The van der Waals surface area contributed by atoms with Crippen molar-refractivity contribution in [3.05, 3.63) is 29.8 Å². The number of anilines is 1. The summed E-state index contributed by atoms with van der Waals surface area (Å²) in [6.45, 7) is 8.75. The van der Waals surface area contributed by atoms with Gasteiger partial charge in [-0.25, -0.2) is 0 Å². The van der Waals surface area contributed by atoms with Crippen LogP contribution >= 0.6 is 12.2 Å². The van der Waals surface area contributed by atoms with Gasteiger partial charge in [-0.15, -0.1) is 0 Å². The monoisotopic (exact) mass is 415 g/mol. The number of carbonyl (C=O) groups is 2. The van der Waals surface area contributed by atoms with Crippen LogP contribution in [0.5, 0.6) is 0 Å². The number of nitrogens with zero attached hydrogens (tertiary/aromatic N) is 2. The Hall–Kier alpha value is -2.12. The van der Waals surface area contributed by atoms with Gasteiger partial charge >= 0.3 is 0 Å². The first-order chi connectivity index (χ1) is 13.5. The average molecular weight is 416 g/mol. The number of nitrogens with one attached hydrogen (secondary N) is 1. The minimum absolute atomic E-state index is 0.0355. The minimum Gasteiger partial charge on any atom is -0.393 e. The van der Waals surface area contributed by atoms with Crippen molar-refractivity contribution < 1.29 is 14.7 Å². The number of rotatable bonds is 4. The molecule has 0 bridgehead atoms. The van der Waals surface area contributed by atoms with E-state index in [1.54, 1.807) is 6.07 Å². The number of aryl methyl sites for hydroxylation is 1. The summed E-state index contributed by atoms with van der Waals surface area (Å²) in [5.41, 5.74) is 1.41. The number of aliphatic imine (C=N–C) groups is 1. The van der Waals surface area contributed by atoms with E-state index in [1.807, 2.05) is 25.1 Å². The summed E-state index contributed by atoms with van der Waals surface area (Å²) in [5, 5.41) is 12.9. The highest BCUT2D eigenvalue weighted by Crippen LogP contribution is 2.46. The Labute approximate surface area is 177 Å². The molecule has 2 fully saturated rings. The molecule has 0 spiro atoms. The molecule has 1 aromatic rings. The molecule has 1 saturated carbocycles. The van der Waals surface area contributed by atoms with Crippen molar-refractivity contribution in [3.8, 4) is 0 Å². The fourth-order valence-corrected chi connectivity index (χ4v) is 5.13. The predicted octanol–water partition coefficient (Wildman–Crippen LogP) is 3.01. The van der Waals surface area contributed by atoms with Crippen LogP contribution in [-0.4, -0.2) is 40.9 Å². The molecule has 1 aliphatic carbocycles. The number of aliphatic hydroxyl groups excluding tert-OH is 1. The molecule has 0 radical (unpaired) electrons. The van der Waals surface area contributed by atoms with Crippen LogP contribution in [0.1, 0.15) is 45.6 Å². The second kappa shape index (κ2) is 7.95. The third kappa shape index (κ3) is 4.73. The van der Waals surface area contributed by atoms with Crippen LogP contribution in [0.15, 0.2) is 29.3 Å². The second-order valence-electron chi connectivity index (χ2n) is 9.44. The Bertz CT molecular complexity index is 867. The van der Waals surface area contributed by atoms with E-state index in [2.05, 4.69) is 31.1 Å². The van der Waals surface area contributed by atoms with E-state index in [1.165, 1.54) is 11.1 Å². The molecule has 0 unspecified atom stereocenters. The van der Waals surface area contributed by atoms with Gasteiger partial charge in [-0.3, -0.25) is 19.5 Å². The fraction of sp³-hybridized carbons (Fsp3) is 0.545. The summed E-state index contributed by atoms with van der Waals surface area (Å²) in [6.07, 6.45) is 3.45. The molecule has 2 aliphatic rings. The number of amides is 2. The number of aliphatic hydroxyl groups is 1. The second-order valence-corrected chi connectivity index (χ2v) is 9.82. The van der Waals surface area contributed by atoms with Gasteiger partial charge in [0.05, 0.1) is 11.8 Å². The van der Waals surface area contributed by atoms with Gasteiger partial charge in [-0.2, -0.15) is 0 Å². The molecule has 2 N–H and O–H groups in total. The predicted molar refractivity (Wildman–Crippen MR) is 118 cm³/mol. The molecule has 2 amide bonds. The van der Waals surface area contributed by atoms with Crippen molar-refractivity contribution in [2.45, 2.75) is 53.1 Å². The van der Waals surface area contributed by atoms with Crippen molar-refractivity contribution in [1.82, 2.24) is 5.32 Å². The number of para-hydroxylation sites is 1. The highest BCUT2D eigenvalue weighted by atomic mass is 32.1. The van der Waals surface area contributed by atoms with E-state index in [0.717, 1.165) is 18.4 Å². The molecule has 156 valence electrons. The molecule has 7 heteroatoms. The fourth-order valence-electron chi connectivity index (χ4n) is 4.84. The van der Waals surface area contributed by atoms with Crippen LogP contribution in [0.4, 0.5) is 5.69 Å². The third-order valence-electron chi connectivity index (χ3n) is 5.71. The Balaban J connectivity index is 1.77. The molecule has 1 aliphatic heterocycles. The molecule has 1 aromatic carbocycles. The van der Waals surface area contributed by atoms with E-state index < -0.39 is 17.7 Å². The smallest absolute Gasteiger partial charge is 0.251 e. The SMILES string of the molecule is Cc1ccccc1N1C(=O)[C@@H](C=NC[C@]2(C)C[C@@H](O)CC(C)(C)C2)C(=O)NC1=S. The van der Waals surface area contributed by atoms with Crippen LogP contribution in [0, 0.1) is 23.7 Å². The molecular weight excluding hydrogens is 386 g/mol. The molecule has 29 heavy (non-hydrogen) atoms. The van der Waals surface area contributed by atoms with Crippen molar-refractivity contribution in [2.24, 2.45) is 21.7 Å². The topological polar surface area (TPSA) is 82.0 Å². The zero-order valence-corrected chi connectivity index (χ0v) is 18.3. The number of thiocarbonyl (C=S) groups is 1. The summed E-state index contributed by atoms with van der Waals surface area (Å²) >= 11 is 5.25. The number of hydrogen-bond acceptors (Lipinski definition) is 5. The van der Waals surface area contributed by atoms with Gasteiger partial charge < -0.3 is 10.4 Å². The Morgan fingerprint density at radius 3 is 2.62 bits per heavy atom. The Kier molecular flexibility index (Phi) is 5.92. The summed E-state index contributed by atoms with van der Waals surface area (Å²) in [7, 11) is 0. The van der Waals surface area contributed by atoms with E-state index in [4.69, 9.17) is 12.2 Å². The number of hydrogen-bond donors (Lipinski definition) is 2.